The van der Waals surface area contributed by atoms with Gasteiger partial charge < -0.3 is 5.32 Å². The van der Waals surface area contributed by atoms with Gasteiger partial charge in [-0.05, 0) is 36.8 Å². The number of hydrogen-bond donors (Lipinski definition) is 1. The first-order valence-electron chi connectivity index (χ1n) is 10.4. The molecule has 0 fully saturated rings. The van der Waals surface area contributed by atoms with E-state index in [-0.39, 0.29) is 17.2 Å². The molecule has 0 aliphatic heterocycles. The highest BCUT2D eigenvalue weighted by atomic mass is 32.2. The van der Waals surface area contributed by atoms with Crippen LogP contribution in [0.3, 0.4) is 0 Å². The summed E-state index contributed by atoms with van der Waals surface area (Å²) in [6, 6.07) is 19.4. The Bertz CT molecular complexity index is 1530. The van der Waals surface area contributed by atoms with Gasteiger partial charge in [0.1, 0.15) is 4.70 Å². The second-order valence-corrected chi connectivity index (χ2v) is 9.67. The van der Waals surface area contributed by atoms with E-state index in [9.17, 15) is 9.59 Å². The first-order chi connectivity index (χ1) is 16.1. The van der Waals surface area contributed by atoms with Crippen LogP contribution in [0.25, 0.3) is 20.3 Å². The van der Waals surface area contributed by atoms with Crippen LogP contribution in [0.5, 0.6) is 0 Å². The zero-order valence-electron chi connectivity index (χ0n) is 17.9. The van der Waals surface area contributed by atoms with Gasteiger partial charge in [-0.3, -0.25) is 14.2 Å². The Balaban J connectivity index is 1.51. The Kier molecular flexibility index (Phi) is 5.93. The Hall–Kier alpha value is -3.49. The standard InChI is InChI=1S/C25H20N4O2S2/c1-16-6-4-8-18(12-16)27-21(30)15-32-25-28-22-19-9-2-3-10-20(19)33-23(22)24(31)29(25)14-17-7-5-11-26-13-17/h2-13H,14-15H2,1H3,(H,27,30)/p+1. The van der Waals surface area contributed by atoms with Crippen LogP contribution in [0.15, 0.2) is 83.0 Å². The fraction of sp³-hybridized carbons (Fsp3) is 0.120. The zero-order valence-corrected chi connectivity index (χ0v) is 19.5. The number of hydrogen-bond acceptors (Lipinski definition) is 5. The number of thioether (sulfide) groups is 1. The van der Waals surface area contributed by atoms with Gasteiger partial charge in [0.05, 0.1) is 17.8 Å². The van der Waals surface area contributed by atoms with Crippen molar-refractivity contribution in [2.45, 2.75) is 18.6 Å². The number of anilines is 1. The zero-order chi connectivity index (χ0) is 22.8. The lowest BCUT2D eigenvalue weighted by Crippen LogP contribution is -2.24. The third-order valence-corrected chi connectivity index (χ3v) is 7.32. The maximum Gasteiger partial charge on any atom is 0.272 e. The second kappa shape index (κ2) is 9.17. The summed E-state index contributed by atoms with van der Waals surface area (Å²) in [7, 11) is 0. The van der Waals surface area contributed by atoms with E-state index in [2.05, 4.69) is 10.3 Å². The molecule has 33 heavy (non-hydrogen) atoms. The summed E-state index contributed by atoms with van der Waals surface area (Å²) < 4.78 is 3.31. The first-order valence-corrected chi connectivity index (χ1v) is 12.2. The molecular formula is C25H21N4O2S2+. The van der Waals surface area contributed by atoms with E-state index >= 15 is 0 Å². The van der Waals surface area contributed by atoms with Crippen molar-refractivity contribution in [3.05, 3.63) is 94.5 Å². The van der Waals surface area contributed by atoms with E-state index < -0.39 is 0 Å². The molecule has 0 saturated heterocycles. The number of carbonyl (C=O) groups is 1. The van der Waals surface area contributed by atoms with E-state index in [0.717, 1.165) is 26.9 Å². The van der Waals surface area contributed by atoms with Crippen molar-refractivity contribution < 1.29 is 9.78 Å². The maximum atomic E-state index is 13.5. The molecule has 0 radical (unpaired) electrons. The molecular weight excluding hydrogens is 452 g/mol. The predicted octanol–water partition coefficient (Wildman–Crippen LogP) is 4.51. The summed E-state index contributed by atoms with van der Waals surface area (Å²) in [6.07, 6.45) is 3.69. The number of carbonyl (C=O) groups excluding carboxylic acids is 1. The molecule has 8 heteroatoms. The molecule has 0 saturated carbocycles. The Morgan fingerprint density at radius 2 is 2.03 bits per heavy atom. The number of fused-ring (bicyclic) bond motifs is 3. The number of amides is 1. The van der Waals surface area contributed by atoms with Gasteiger partial charge in [0.2, 0.25) is 5.91 Å². The van der Waals surface area contributed by atoms with Crippen LogP contribution in [0.4, 0.5) is 5.69 Å². The molecule has 0 aliphatic carbocycles. The quantitative estimate of drug-likeness (QED) is 0.291. The molecule has 0 aliphatic rings. The van der Waals surface area contributed by atoms with Crippen molar-refractivity contribution >= 4 is 55.0 Å². The van der Waals surface area contributed by atoms with Crippen molar-refractivity contribution in [2.75, 3.05) is 11.1 Å². The van der Waals surface area contributed by atoms with Gasteiger partial charge >= 0.3 is 0 Å². The minimum atomic E-state index is -0.144. The number of benzene rings is 2. The molecule has 5 aromatic rings. The Labute approximate surface area is 198 Å². The van der Waals surface area contributed by atoms with Crippen LogP contribution in [0.2, 0.25) is 0 Å². The summed E-state index contributed by atoms with van der Waals surface area (Å²) >= 11 is 2.73. The average Bonchev–Trinajstić information content (AvgIpc) is 3.19. The minimum Gasteiger partial charge on any atom is -0.325 e. The number of aromatic amines is 1. The van der Waals surface area contributed by atoms with Crippen molar-refractivity contribution in [1.29, 1.82) is 0 Å². The smallest absolute Gasteiger partial charge is 0.272 e. The number of rotatable bonds is 6. The molecule has 6 nitrogen and oxygen atoms in total. The number of thiophene rings is 1. The molecule has 0 spiro atoms. The molecule has 2 aromatic carbocycles. The van der Waals surface area contributed by atoms with E-state index in [1.807, 2.05) is 80.0 Å². The molecule has 3 heterocycles. The van der Waals surface area contributed by atoms with Crippen LogP contribution >= 0.6 is 23.1 Å². The molecule has 164 valence electrons. The van der Waals surface area contributed by atoms with E-state index in [4.69, 9.17) is 4.98 Å². The van der Waals surface area contributed by atoms with Crippen LogP contribution in [0.1, 0.15) is 11.1 Å². The monoisotopic (exact) mass is 473 g/mol. The number of nitrogens with one attached hydrogen (secondary N) is 2. The minimum absolute atomic E-state index is 0.0911. The van der Waals surface area contributed by atoms with Crippen LogP contribution in [0, 0.1) is 6.92 Å². The summed E-state index contributed by atoms with van der Waals surface area (Å²) in [4.78, 5) is 34.0. The molecule has 5 rings (SSSR count). The summed E-state index contributed by atoms with van der Waals surface area (Å²) in [5, 5.41) is 4.41. The predicted molar refractivity (Wildman–Crippen MR) is 134 cm³/mol. The highest BCUT2D eigenvalue weighted by Crippen LogP contribution is 2.32. The Morgan fingerprint density at radius 1 is 1.15 bits per heavy atom. The van der Waals surface area contributed by atoms with Gasteiger partial charge in [0, 0.05) is 27.4 Å². The average molecular weight is 474 g/mol. The lowest BCUT2D eigenvalue weighted by Gasteiger charge is -2.12. The summed E-state index contributed by atoms with van der Waals surface area (Å²) in [6.45, 7) is 2.35. The van der Waals surface area contributed by atoms with Crippen molar-refractivity contribution in [1.82, 2.24) is 9.55 Å². The second-order valence-electron chi connectivity index (χ2n) is 7.68. The van der Waals surface area contributed by atoms with E-state index in [1.54, 1.807) is 4.57 Å². The van der Waals surface area contributed by atoms with Crippen molar-refractivity contribution in [3.8, 4) is 0 Å². The molecule has 0 atom stereocenters. The van der Waals surface area contributed by atoms with Gasteiger partial charge in [-0.2, -0.15) is 0 Å². The van der Waals surface area contributed by atoms with Crippen molar-refractivity contribution in [2.24, 2.45) is 0 Å². The molecule has 0 unspecified atom stereocenters. The van der Waals surface area contributed by atoms with Gasteiger partial charge in [0.25, 0.3) is 5.56 Å². The first kappa shape index (κ1) is 21.4. The largest absolute Gasteiger partial charge is 0.325 e. The normalized spacial score (nSPS) is 11.2. The van der Waals surface area contributed by atoms with Crippen LogP contribution in [-0.4, -0.2) is 21.2 Å². The maximum absolute atomic E-state index is 13.5. The van der Waals surface area contributed by atoms with Crippen LogP contribution in [-0.2, 0) is 11.3 Å². The summed E-state index contributed by atoms with van der Waals surface area (Å²) in [5.74, 6) is 0.00391. The highest BCUT2D eigenvalue weighted by Gasteiger charge is 2.18. The van der Waals surface area contributed by atoms with E-state index in [1.165, 1.54) is 23.1 Å². The lowest BCUT2D eigenvalue weighted by atomic mass is 10.2. The van der Waals surface area contributed by atoms with Gasteiger partial charge in [-0.25, -0.2) is 9.97 Å². The van der Waals surface area contributed by atoms with Gasteiger partial charge in [0.15, 0.2) is 17.6 Å². The number of nitrogens with zero attached hydrogens (tertiary/aromatic N) is 2. The fourth-order valence-corrected chi connectivity index (χ4v) is 5.55. The molecule has 2 N–H and O–H groups in total. The number of aromatic nitrogens is 3. The SMILES string of the molecule is Cc1cccc(NC(=O)CSc2nc3c(sc4ccccc43)c(=O)n2Cc2ccc[nH+]c2)c1. The third kappa shape index (κ3) is 4.53. The molecule has 0 bridgehead atoms. The van der Waals surface area contributed by atoms with Gasteiger partial charge in [-0.15, -0.1) is 11.3 Å². The fourth-order valence-electron chi connectivity index (χ4n) is 3.66. The molecule has 1 amide bonds. The Morgan fingerprint density at radius 3 is 2.85 bits per heavy atom. The number of H-pyrrole nitrogens is 1. The summed E-state index contributed by atoms with van der Waals surface area (Å²) in [5.41, 5.74) is 3.38. The van der Waals surface area contributed by atoms with Crippen LogP contribution < -0.4 is 15.9 Å². The number of pyridine rings is 1. The van der Waals surface area contributed by atoms with E-state index in [0.29, 0.717) is 21.9 Å². The van der Waals surface area contributed by atoms with Gasteiger partial charge in [-0.1, -0.05) is 42.1 Å². The molecule has 3 aromatic heterocycles. The van der Waals surface area contributed by atoms with Crippen molar-refractivity contribution in [3.63, 3.8) is 0 Å². The third-order valence-electron chi connectivity index (χ3n) is 5.19. The number of aryl methyl sites for hydroxylation is 1. The lowest BCUT2D eigenvalue weighted by molar-refractivity contribution is -0.378. The highest BCUT2D eigenvalue weighted by molar-refractivity contribution is 7.99. The topological polar surface area (TPSA) is 78.1 Å².